The van der Waals surface area contributed by atoms with Crippen molar-refractivity contribution in [3.05, 3.63) is 35.6 Å². The Morgan fingerprint density at radius 1 is 1.29 bits per heavy atom. The molecule has 0 saturated carbocycles. The first-order valence-corrected chi connectivity index (χ1v) is 7.55. The highest BCUT2D eigenvalue weighted by Crippen LogP contribution is 2.28. The van der Waals surface area contributed by atoms with Gasteiger partial charge in [0.2, 0.25) is 5.91 Å². The molecule has 0 spiro atoms. The van der Waals surface area contributed by atoms with Gasteiger partial charge in [0.05, 0.1) is 6.04 Å². The highest BCUT2D eigenvalue weighted by molar-refractivity contribution is 5.84. The van der Waals surface area contributed by atoms with Crippen LogP contribution in [0.25, 0.3) is 0 Å². The molecule has 2 fully saturated rings. The van der Waals surface area contributed by atoms with Crippen molar-refractivity contribution in [3.63, 3.8) is 0 Å². The second-order valence-corrected chi connectivity index (χ2v) is 5.89. The van der Waals surface area contributed by atoms with E-state index in [1.165, 1.54) is 12.1 Å². The van der Waals surface area contributed by atoms with Crippen molar-refractivity contribution in [2.75, 3.05) is 19.8 Å². The summed E-state index contributed by atoms with van der Waals surface area (Å²) < 4.78 is 18.5. The van der Waals surface area contributed by atoms with Gasteiger partial charge in [-0.2, -0.15) is 0 Å². The summed E-state index contributed by atoms with van der Waals surface area (Å²) in [5.41, 5.74) is 0.932. The minimum Gasteiger partial charge on any atom is -0.381 e. The number of carbonyl (C=O) groups is 1. The van der Waals surface area contributed by atoms with Crippen molar-refractivity contribution >= 4 is 5.91 Å². The van der Waals surface area contributed by atoms with Crippen LogP contribution in [0.1, 0.15) is 31.5 Å². The molecule has 3 rings (SSSR count). The zero-order valence-corrected chi connectivity index (χ0v) is 12.2. The predicted octanol–water partition coefficient (Wildman–Crippen LogP) is 2.07. The third-order valence-electron chi connectivity index (χ3n) is 4.35. The summed E-state index contributed by atoms with van der Waals surface area (Å²) in [6.45, 7) is 4.16. The van der Waals surface area contributed by atoms with Crippen LogP contribution in [0.15, 0.2) is 24.3 Å². The average Bonchev–Trinajstić information content (AvgIpc) is 2.78. The molecule has 5 heteroatoms. The van der Waals surface area contributed by atoms with E-state index in [9.17, 15) is 9.18 Å². The molecule has 0 aliphatic carbocycles. The predicted molar refractivity (Wildman–Crippen MR) is 77.0 cm³/mol. The zero-order chi connectivity index (χ0) is 14.8. The van der Waals surface area contributed by atoms with Crippen molar-refractivity contribution in [1.82, 2.24) is 10.2 Å². The van der Waals surface area contributed by atoms with Gasteiger partial charge in [0.1, 0.15) is 12.0 Å². The van der Waals surface area contributed by atoms with Crippen molar-refractivity contribution in [3.8, 4) is 0 Å². The first-order valence-electron chi connectivity index (χ1n) is 7.55. The number of amides is 1. The van der Waals surface area contributed by atoms with Crippen LogP contribution in [0, 0.1) is 11.7 Å². The molecule has 1 N–H and O–H groups in total. The number of hydrogen-bond acceptors (Lipinski definition) is 3. The Morgan fingerprint density at radius 3 is 2.62 bits per heavy atom. The summed E-state index contributed by atoms with van der Waals surface area (Å²) in [4.78, 5) is 14.3. The molecule has 0 bridgehead atoms. The van der Waals surface area contributed by atoms with Crippen LogP contribution in [0.4, 0.5) is 4.39 Å². The number of carbonyl (C=O) groups excluding carboxylic acids is 1. The lowest BCUT2D eigenvalue weighted by Gasteiger charge is -2.30. The summed E-state index contributed by atoms with van der Waals surface area (Å²) in [5.74, 6) is 0.348. The second-order valence-electron chi connectivity index (χ2n) is 5.89. The van der Waals surface area contributed by atoms with Gasteiger partial charge in [-0.3, -0.25) is 10.1 Å². The fourth-order valence-corrected chi connectivity index (χ4v) is 3.10. The van der Waals surface area contributed by atoms with Crippen molar-refractivity contribution in [2.45, 2.75) is 32.0 Å². The molecule has 4 nitrogen and oxygen atoms in total. The van der Waals surface area contributed by atoms with Gasteiger partial charge in [-0.15, -0.1) is 0 Å². The molecule has 2 aliphatic rings. The number of benzene rings is 1. The standard InChI is InChI=1S/C16H21FN2O2/c1-11-16(20)19(10-12-6-8-21-9-7-12)15(18-11)13-2-4-14(17)5-3-13/h2-5,11-12,15,18H,6-10H2,1H3. The van der Waals surface area contributed by atoms with Crippen LogP contribution in [-0.2, 0) is 9.53 Å². The van der Waals surface area contributed by atoms with Gasteiger partial charge in [-0.05, 0) is 43.4 Å². The molecule has 1 amide bonds. The van der Waals surface area contributed by atoms with E-state index in [1.54, 1.807) is 12.1 Å². The van der Waals surface area contributed by atoms with E-state index in [-0.39, 0.29) is 23.9 Å². The van der Waals surface area contributed by atoms with Gasteiger partial charge < -0.3 is 9.64 Å². The Labute approximate surface area is 124 Å². The molecule has 0 aromatic heterocycles. The third kappa shape index (κ3) is 3.09. The van der Waals surface area contributed by atoms with E-state index in [1.807, 2.05) is 11.8 Å². The fourth-order valence-electron chi connectivity index (χ4n) is 3.10. The first kappa shape index (κ1) is 14.5. The monoisotopic (exact) mass is 292 g/mol. The smallest absolute Gasteiger partial charge is 0.241 e. The molecule has 114 valence electrons. The summed E-state index contributed by atoms with van der Waals surface area (Å²) in [7, 11) is 0. The topological polar surface area (TPSA) is 41.6 Å². The molecule has 1 aromatic carbocycles. The van der Waals surface area contributed by atoms with E-state index in [2.05, 4.69) is 5.32 Å². The second kappa shape index (κ2) is 6.12. The molecule has 2 unspecified atom stereocenters. The maximum absolute atomic E-state index is 13.1. The normalized spacial score (nSPS) is 27.3. The highest BCUT2D eigenvalue weighted by atomic mass is 19.1. The van der Waals surface area contributed by atoms with Crippen LogP contribution in [0.5, 0.6) is 0 Å². The van der Waals surface area contributed by atoms with Crippen molar-refractivity contribution in [2.24, 2.45) is 5.92 Å². The maximum atomic E-state index is 13.1. The molecule has 21 heavy (non-hydrogen) atoms. The summed E-state index contributed by atoms with van der Waals surface area (Å²) in [5, 5.41) is 3.30. The van der Waals surface area contributed by atoms with E-state index in [0.717, 1.165) is 38.2 Å². The third-order valence-corrected chi connectivity index (χ3v) is 4.35. The number of ether oxygens (including phenoxy) is 1. The maximum Gasteiger partial charge on any atom is 0.241 e. The zero-order valence-electron chi connectivity index (χ0n) is 12.2. The quantitative estimate of drug-likeness (QED) is 0.927. The Kier molecular flexibility index (Phi) is 4.22. The van der Waals surface area contributed by atoms with E-state index in [0.29, 0.717) is 5.92 Å². The summed E-state index contributed by atoms with van der Waals surface area (Å²) >= 11 is 0. The Morgan fingerprint density at radius 2 is 1.95 bits per heavy atom. The average molecular weight is 292 g/mol. The lowest BCUT2D eigenvalue weighted by molar-refractivity contribution is -0.130. The van der Waals surface area contributed by atoms with Crippen LogP contribution < -0.4 is 5.32 Å². The van der Waals surface area contributed by atoms with E-state index >= 15 is 0 Å². The summed E-state index contributed by atoms with van der Waals surface area (Å²) in [6.07, 6.45) is 1.83. The number of hydrogen-bond donors (Lipinski definition) is 1. The first-order chi connectivity index (χ1) is 10.1. The SMILES string of the molecule is CC1NC(c2ccc(F)cc2)N(CC2CCOCC2)C1=O. The minimum absolute atomic E-state index is 0.121. The van der Waals surface area contributed by atoms with Crippen molar-refractivity contribution < 1.29 is 13.9 Å². The van der Waals surface area contributed by atoms with Crippen LogP contribution in [0.3, 0.4) is 0 Å². The minimum atomic E-state index is -0.257. The molecule has 2 atom stereocenters. The number of halogens is 1. The lowest BCUT2D eigenvalue weighted by Crippen LogP contribution is -2.36. The van der Waals surface area contributed by atoms with Crippen LogP contribution in [0.2, 0.25) is 0 Å². The van der Waals surface area contributed by atoms with Gasteiger partial charge in [0.25, 0.3) is 0 Å². The molecular weight excluding hydrogens is 271 g/mol. The number of rotatable bonds is 3. The van der Waals surface area contributed by atoms with E-state index < -0.39 is 0 Å². The van der Waals surface area contributed by atoms with Gasteiger partial charge in [0.15, 0.2) is 0 Å². The lowest BCUT2D eigenvalue weighted by atomic mass is 9.99. The van der Waals surface area contributed by atoms with E-state index in [4.69, 9.17) is 4.74 Å². The molecule has 2 saturated heterocycles. The highest BCUT2D eigenvalue weighted by Gasteiger charge is 2.38. The number of nitrogens with zero attached hydrogens (tertiary/aromatic N) is 1. The fraction of sp³-hybridized carbons (Fsp3) is 0.562. The van der Waals surface area contributed by atoms with Crippen molar-refractivity contribution in [1.29, 1.82) is 0 Å². The largest absolute Gasteiger partial charge is 0.381 e. The van der Waals surface area contributed by atoms with Gasteiger partial charge in [-0.25, -0.2) is 4.39 Å². The summed E-state index contributed by atoms with van der Waals surface area (Å²) in [6, 6.07) is 6.18. The molecule has 2 aliphatic heterocycles. The molecule has 2 heterocycles. The van der Waals surface area contributed by atoms with Gasteiger partial charge in [-0.1, -0.05) is 12.1 Å². The van der Waals surface area contributed by atoms with Crippen LogP contribution in [-0.4, -0.2) is 36.6 Å². The molecule has 0 radical (unpaired) electrons. The van der Waals surface area contributed by atoms with Gasteiger partial charge >= 0.3 is 0 Å². The number of nitrogens with one attached hydrogen (secondary N) is 1. The van der Waals surface area contributed by atoms with Gasteiger partial charge in [0, 0.05) is 19.8 Å². The molecular formula is C16H21FN2O2. The van der Waals surface area contributed by atoms with Crippen LogP contribution >= 0.6 is 0 Å². The Hall–Kier alpha value is -1.46. The Bertz CT molecular complexity index is 500. The Balaban J connectivity index is 1.77. The molecule has 1 aromatic rings.